The van der Waals surface area contributed by atoms with Crippen LogP contribution in [-0.2, 0) is 17.5 Å². The molecule has 2 aromatic rings. The van der Waals surface area contributed by atoms with Gasteiger partial charge >= 0.3 is 12.2 Å². The molecular weight excluding hydrogens is 411 g/mol. The van der Waals surface area contributed by atoms with Gasteiger partial charge in [-0.25, -0.2) is 4.79 Å². The van der Waals surface area contributed by atoms with Crippen LogP contribution in [0, 0.1) is 18.8 Å². The molecule has 9 heteroatoms. The highest BCUT2D eigenvalue weighted by molar-refractivity contribution is 5.92. The van der Waals surface area contributed by atoms with Crippen LogP contribution in [0.4, 0.5) is 18.0 Å². The van der Waals surface area contributed by atoms with Crippen LogP contribution in [0.3, 0.4) is 0 Å². The number of benzene rings is 1. The monoisotopic (exact) mass is 435 g/mol. The molecule has 1 amide bonds. The number of likely N-dealkylation sites (tertiary alicyclic amines) is 1. The molecule has 1 unspecified atom stereocenters. The van der Waals surface area contributed by atoms with Crippen molar-refractivity contribution in [2.45, 2.75) is 45.6 Å². The zero-order valence-corrected chi connectivity index (χ0v) is 17.4. The summed E-state index contributed by atoms with van der Waals surface area (Å²) >= 11 is 0. The Morgan fingerprint density at radius 3 is 2.39 bits per heavy atom. The number of aryl methyl sites for hydroxylation is 1. The van der Waals surface area contributed by atoms with E-state index in [1.807, 2.05) is 0 Å². The van der Waals surface area contributed by atoms with Crippen LogP contribution < -0.4 is 0 Å². The van der Waals surface area contributed by atoms with E-state index in [4.69, 9.17) is 4.74 Å². The molecule has 31 heavy (non-hydrogen) atoms. The standard InChI is InChI=1S/C22H24F3N3O3/c1-13-7-15(3-4-19(13)22(23,24)25)12-31-18-8-16-10-27(11-17(16)9-18)21(30)28-6-5-20(26-28)14(2)29/h3-7,16-18H,8-12H2,1-2H3/t16-,17+,18?. The minimum absolute atomic E-state index is 0.0314. The van der Waals surface area contributed by atoms with Gasteiger partial charge < -0.3 is 9.64 Å². The fourth-order valence-corrected chi connectivity index (χ4v) is 4.65. The van der Waals surface area contributed by atoms with E-state index < -0.39 is 11.7 Å². The molecule has 6 nitrogen and oxygen atoms in total. The van der Waals surface area contributed by atoms with Crippen molar-refractivity contribution in [3.05, 3.63) is 52.8 Å². The Bertz CT molecular complexity index is 987. The van der Waals surface area contributed by atoms with Crippen molar-refractivity contribution in [3.63, 3.8) is 0 Å². The van der Waals surface area contributed by atoms with Gasteiger partial charge in [0.2, 0.25) is 0 Å². The quantitative estimate of drug-likeness (QED) is 0.672. The van der Waals surface area contributed by atoms with Gasteiger partial charge in [-0.05, 0) is 54.9 Å². The highest BCUT2D eigenvalue weighted by Gasteiger charge is 2.43. The molecule has 1 aliphatic heterocycles. The van der Waals surface area contributed by atoms with Gasteiger partial charge in [0.25, 0.3) is 0 Å². The molecule has 0 bridgehead atoms. The van der Waals surface area contributed by atoms with Gasteiger partial charge in [-0.2, -0.15) is 23.0 Å². The van der Waals surface area contributed by atoms with Gasteiger partial charge in [0.1, 0.15) is 5.69 Å². The van der Waals surface area contributed by atoms with Crippen molar-refractivity contribution in [1.29, 1.82) is 0 Å². The Kier molecular flexibility index (Phi) is 5.63. The lowest BCUT2D eigenvalue weighted by molar-refractivity contribution is -0.138. The normalized spacial score (nSPS) is 23.3. The summed E-state index contributed by atoms with van der Waals surface area (Å²) in [7, 11) is 0. The fraction of sp³-hybridized carbons (Fsp3) is 0.500. The van der Waals surface area contributed by atoms with Crippen molar-refractivity contribution < 1.29 is 27.5 Å². The molecule has 1 saturated heterocycles. The largest absolute Gasteiger partial charge is 0.416 e. The number of ether oxygens (including phenoxy) is 1. The number of amides is 1. The number of ketones is 1. The minimum Gasteiger partial charge on any atom is -0.374 e. The first-order valence-electron chi connectivity index (χ1n) is 10.3. The number of aromatic nitrogens is 2. The highest BCUT2D eigenvalue weighted by atomic mass is 19.4. The summed E-state index contributed by atoms with van der Waals surface area (Å²) in [5.41, 5.74) is 0.556. The number of rotatable bonds is 4. The molecule has 1 aromatic carbocycles. The molecule has 0 spiro atoms. The van der Waals surface area contributed by atoms with E-state index >= 15 is 0 Å². The summed E-state index contributed by atoms with van der Waals surface area (Å²) in [6.45, 7) is 4.35. The second-order valence-corrected chi connectivity index (χ2v) is 8.46. The second-order valence-electron chi connectivity index (χ2n) is 8.46. The fourth-order valence-electron chi connectivity index (χ4n) is 4.65. The lowest BCUT2D eigenvalue weighted by Gasteiger charge is -2.19. The van der Waals surface area contributed by atoms with Gasteiger partial charge in [0.05, 0.1) is 18.3 Å². The number of nitrogens with zero attached hydrogens (tertiary/aromatic N) is 3. The maximum Gasteiger partial charge on any atom is 0.416 e. The number of hydrogen-bond donors (Lipinski definition) is 0. The average molecular weight is 435 g/mol. The molecule has 2 heterocycles. The summed E-state index contributed by atoms with van der Waals surface area (Å²) in [4.78, 5) is 25.8. The molecule has 2 fully saturated rings. The SMILES string of the molecule is CC(=O)c1ccn(C(=O)N2C[C@H]3CC(OCc4ccc(C(F)(F)F)c(C)c4)C[C@H]3C2)n1. The second kappa shape index (κ2) is 8.11. The topological polar surface area (TPSA) is 64.4 Å². The Morgan fingerprint density at radius 1 is 1.16 bits per heavy atom. The van der Waals surface area contributed by atoms with Crippen molar-refractivity contribution in [3.8, 4) is 0 Å². The van der Waals surface area contributed by atoms with E-state index in [-0.39, 0.29) is 35.8 Å². The van der Waals surface area contributed by atoms with Gasteiger partial charge in [-0.1, -0.05) is 12.1 Å². The molecule has 166 valence electrons. The predicted molar refractivity (Wildman–Crippen MR) is 106 cm³/mol. The van der Waals surface area contributed by atoms with Gasteiger partial charge in [-0.15, -0.1) is 0 Å². The smallest absolute Gasteiger partial charge is 0.374 e. The number of alkyl halides is 3. The lowest BCUT2D eigenvalue weighted by Crippen LogP contribution is -2.34. The average Bonchev–Trinajstić information content (AvgIpc) is 3.39. The zero-order chi connectivity index (χ0) is 22.3. The molecule has 4 rings (SSSR count). The van der Waals surface area contributed by atoms with Crippen LogP contribution in [0.2, 0.25) is 0 Å². The molecule has 1 aliphatic carbocycles. The van der Waals surface area contributed by atoms with E-state index in [1.165, 1.54) is 42.9 Å². The van der Waals surface area contributed by atoms with Gasteiger partial charge in [0, 0.05) is 26.2 Å². The summed E-state index contributed by atoms with van der Waals surface area (Å²) < 4.78 is 45.9. The summed E-state index contributed by atoms with van der Waals surface area (Å²) in [5, 5.41) is 4.04. The van der Waals surface area contributed by atoms with E-state index in [9.17, 15) is 22.8 Å². The van der Waals surface area contributed by atoms with Crippen LogP contribution in [0.5, 0.6) is 0 Å². The first kappa shape index (κ1) is 21.5. The molecule has 3 atom stereocenters. The van der Waals surface area contributed by atoms with E-state index in [2.05, 4.69) is 5.10 Å². The molecule has 1 aromatic heterocycles. The molecular formula is C22H24F3N3O3. The molecule has 0 N–H and O–H groups in total. The minimum atomic E-state index is -4.35. The van der Waals surface area contributed by atoms with Crippen LogP contribution in [-0.4, -0.2) is 45.7 Å². The van der Waals surface area contributed by atoms with Gasteiger partial charge in [-0.3, -0.25) is 4.79 Å². The molecule has 2 aliphatic rings. The molecule has 0 radical (unpaired) electrons. The lowest BCUT2D eigenvalue weighted by atomic mass is 10.0. The number of fused-ring (bicyclic) bond motifs is 1. The third-order valence-electron chi connectivity index (χ3n) is 6.21. The van der Waals surface area contributed by atoms with E-state index in [0.29, 0.717) is 24.9 Å². The van der Waals surface area contributed by atoms with Crippen molar-refractivity contribution in [2.24, 2.45) is 11.8 Å². The first-order chi connectivity index (χ1) is 14.6. The number of halogens is 3. The van der Waals surface area contributed by atoms with Crippen molar-refractivity contribution in [1.82, 2.24) is 14.7 Å². The number of Topliss-reactive ketones (excluding diaryl/α,β-unsaturated/α-hetero) is 1. The van der Waals surface area contributed by atoms with E-state index in [1.54, 1.807) is 4.90 Å². The van der Waals surface area contributed by atoms with Crippen LogP contribution in [0.25, 0.3) is 0 Å². The maximum atomic E-state index is 12.9. The maximum absolute atomic E-state index is 12.9. The number of hydrogen-bond acceptors (Lipinski definition) is 4. The van der Waals surface area contributed by atoms with Crippen LogP contribution in [0.15, 0.2) is 30.5 Å². The Labute approximate surface area is 178 Å². The molecule has 1 saturated carbocycles. The first-order valence-corrected chi connectivity index (χ1v) is 10.3. The number of carbonyl (C=O) groups is 2. The van der Waals surface area contributed by atoms with E-state index in [0.717, 1.165) is 24.5 Å². The Balaban J connectivity index is 1.29. The zero-order valence-electron chi connectivity index (χ0n) is 17.4. The Morgan fingerprint density at radius 2 is 1.84 bits per heavy atom. The van der Waals surface area contributed by atoms with Gasteiger partial charge in [0.15, 0.2) is 5.78 Å². The van der Waals surface area contributed by atoms with Crippen LogP contribution in [0.1, 0.15) is 46.9 Å². The van der Waals surface area contributed by atoms with Crippen molar-refractivity contribution in [2.75, 3.05) is 13.1 Å². The number of carbonyl (C=O) groups excluding carboxylic acids is 2. The van der Waals surface area contributed by atoms with Crippen molar-refractivity contribution >= 4 is 11.8 Å². The third kappa shape index (κ3) is 4.51. The summed E-state index contributed by atoms with van der Waals surface area (Å²) in [6.07, 6.45) is -1.19. The predicted octanol–water partition coefficient (Wildman–Crippen LogP) is 4.31. The highest BCUT2D eigenvalue weighted by Crippen LogP contribution is 2.40. The van der Waals surface area contributed by atoms with Crippen LogP contribution >= 0.6 is 0 Å². The summed E-state index contributed by atoms with van der Waals surface area (Å²) in [6, 6.07) is 5.39. The Hall–Kier alpha value is -2.68. The third-order valence-corrected chi connectivity index (χ3v) is 6.21. The summed E-state index contributed by atoms with van der Waals surface area (Å²) in [5.74, 6) is 0.463.